The highest BCUT2D eigenvalue weighted by Gasteiger charge is 2.05. The van der Waals surface area contributed by atoms with Crippen molar-refractivity contribution < 1.29 is 14.4 Å². The van der Waals surface area contributed by atoms with Gasteiger partial charge in [0.05, 0.1) is 18.7 Å². The van der Waals surface area contributed by atoms with Crippen molar-refractivity contribution in [1.29, 1.82) is 0 Å². The molecule has 1 aromatic heterocycles. The van der Waals surface area contributed by atoms with E-state index in [2.05, 4.69) is 15.2 Å². The molecular formula is C7H8N4O3. The number of hydrogen-bond donors (Lipinski definition) is 1. The van der Waals surface area contributed by atoms with Gasteiger partial charge in [-0.3, -0.25) is 4.79 Å². The third-order valence-electron chi connectivity index (χ3n) is 1.49. The maximum absolute atomic E-state index is 10.2. The third-order valence-corrected chi connectivity index (χ3v) is 1.49. The largest absolute Gasteiger partial charge is 0.481 e. The molecule has 74 valence electrons. The van der Waals surface area contributed by atoms with Crippen LogP contribution in [0.15, 0.2) is 15.7 Å². The molecule has 7 nitrogen and oxygen atoms in total. The Bertz CT molecular complexity index is 367. The van der Waals surface area contributed by atoms with Crippen LogP contribution in [0.3, 0.4) is 0 Å². The van der Waals surface area contributed by atoms with Crippen molar-refractivity contribution in [3.63, 3.8) is 0 Å². The molecule has 0 amide bonds. The summed E-state index contributed by atoms with van der Waals surface area (Å²) in [5.41, 5.74) is 8.58. The predicted molar refractivity (Wildman–Crippen MR) is 45.3 cm³/mol. The fraction of sp³-hybridized carbons (Fsp3) is 0.429. The van der Waals surface area contributed by atoms with Crippen molar-refractivity contribution in [3.05, 3.63) is 28.0 Å². The number of aliphatic carboxylic acids is 1. The highest BCUT2D eigenvalue weighted by atomic mass is 16.5. The first kappa shape index (κ1) is 10.1. The predicted octanol–water partition coefficient (Wildman–Crippen LogP) is 1.50. The Morgan fingerprint density at radius 3 is 3.21 bits per heavy atom. The van der Waals surface area contributed by atoms with Crippen LogP contribution in [0.1, 0.15) is 17.9 Å². The molecule has 0 radical (unpaired) electrons. The van der Waals surface area contributed by atoms with E-state index < -0.39 is 5.97 Å². The average Bonchev–Trinajstić information content (AvgIpc) is 2.59. The summed E-state index contributed by atoms with van der Waals surface area (Å²) in [6.45, 7) is 0.0938. The molecule has 0 aliphatic rings. The summed E-state index contributed by atoms with van der Waals surface area (Å²) in [6.07, 6.45) is 0.322. The summed E-state index contributed by atoms with van der Waals surface area (Å²) in [5, 5.41) is 15.3. The zero-order valence-electron chi connectivity index (χ0n) is 7.25. The SMILES string of the molecule is [N-]=[N+]=NCc1cc(CCC(=O)O)no1. The minimum atomic E-state index is -0.885. The highest BCUT2D eigenvalue weighted by molar-refractivity contribution is 5.66. The van der Waals surface area contributed by atoms with Crippen LogP contribution in [0.25, 0.3) is 10.4 Å². The Morgan fingerprint density at radius 1 is 1.79 bits per heavy atom. The Balaban J connectivity index is 2.50. The quantitative estimate of drug-likeness (QED) is 0.436. The monoisotopic (exact) mass is 196 g/mol. The van der Waals surface area contributed by atoms with E-state index >= 15 is 0 Å². The van der Waals surface area contributed by atoms with Crippen LogP contribution in [0.2, 0.25) is 0 Å². The Labute approximate surface area is 78.9 Å². The molecule has 14 heavy (non-hydrogen) atoms. The number of nitrogens with zero attached hydrogens (tertiary/aromatic N) is 4. The van der Waals surface area contributed by atoms with E-state index in [1.165, 1.54) is 0 Å². The van der Waals surface area contributed by atoms with Crippen LogP contribution >= 0.6 is 0 Å². The standard InChI is InChI=1S/C7H8N4O3/c8-11-9-4-6-3-5(10-14-6)1-2-7(12)13/h3H,1-2,4H2,(H,12,13). The minimum Gasteiger partial charge on any atom is -0.481 e. The van der Waals surface area contributed by atoms with Crippen LogP contribution < -0.4 is 0 Å². The van der Waals surface area contributed by atoms with Gasteiger partial charge < -0.3 is 9.63 Å². The van der Waals surface area contributed by atoms with Crippen LogP contribution in [-0.4, -0.2) is 16.2 Å². The summed E-state index contributed by atoms with van der Waals surface area (Å²) in [7, 11) is 0. The molecule has 0 aliphatic carbocycles. The zero-order valence-corrected chi connectivity index (χ0v) is 7.25. The summed E-state index contributed by atoms with van der Waals surface area (Å²) >= 11 is 0. The Kier molecular flexibility index (Phi) is 3.51. The molecule has 1 heterocycles. The van der Waals surface area contributed by atoms with Gasteiger partial charge in [0.2, 0.25) is 0 Å². The first-order valence-corrected chi connectivity index (χ1v) is 3.89. The lowest BCUT2D eigenvalue weighted by Gasteiger charge is -1.87. The van der Waals surface area contributed by atoms with Crippen molar-refractivity contribution in [1.82, 2.24) is 5.16 Å². The summed E-state index contributed by atoms with van der Waals surface area (Å²) < 4.78 is 4.79. The molecule has 7 heteroatoms. The van der Waals surface area contributed by atoms with E-state index in [1.807, 2.05) is 0 Å². The fourth-order valence-corrected chi connectivity index (χ4v) is 0.884. The molecule has 0 spiro atoms. The van der Waals surface area contributed by atoms with Crippen LogP contribution in [0.4, 0.5) is 0 Å². The second kappa shape index (κ2) is 4.88. The van der Waals surface area contributed by atoms with Crippen molar-refractivity contribution >= 4 is 5.97 Å². The normalized spacial score (nSPS) is 9.43. The van der Waals surface area contributed by atoms with Crippen LogP contribution in [0, 0.1) is 0 Å². The minimum absolute atomic E-state index is 0.00743. The van der Waals surface area contributed by atoms with Crippen molar-refractivity contribution in [2.75, 3.05) is 0 Å². The van der Waals surface area contributed by atoms with Crippen molar-refractivity contribution in [2.45, 2.75) is 19.4 Å². The maximum atomic E-state index is 10.2. The molecule has 1 aromatic rings. The van der Waals surface area contributed by atoms with Gasteiger partial charge in [-0.1, -0.05) is 10.3 Å². The molecule has 0 bridgehead atoms. The highest BCUT2D eigenvalue weighted by Crippen LogP contribution is 2.07. The fourth-order valence-electron chi connectivity index (χ4n) is 0.884. The molecule has 0 saturated carbocycles. The van der Waals surface area contributed by atoms with E-state index in [0.29, 0.717) is 17.9 Å². The number of carbonyl (C=O) groups is 1. The van der Waals surface area contributed by atoms with E-state index in [0.717, 1.165) is 0 Å². The number of hydrogen-bond acceptors (Lipinski definition) is 4. The van der Waals surface area contributed by atoms with Crippen molar-refractivity contribution in [3.8, 4) is 0 Å². The van der Waals surface area contributed by atoms with Gasteiger partial charge in [-0.05, 0) is 5.53 Å². The van der Waals surface area contributed by atoms with Gasteiger partial charge >= 0.3 is 5.97 Å². The summed E-state index contributed by atoms with van der Waals surface area (Å²) in [5.74, 6) is -0.451. The molecular weight excluding hydrogens is 188 g/mol. The van der Waals surface area contributed by atoms with Gasteiger partial charge in [-0.2, -0.15) is 0 Å². The van der Waals surface area contributed by atoms with Gasteiger partial charge in [-0.25, -0.2) is 0 Å². The summed E-state index contributed by atoms with van der Waals surface area (Å²) in [4.78, 5) is 12.8. The first-order chi connectivity index (χ1) is 6.72. The lowest BCUT2D eigenvalue weighted by molar-refractivity contribution is -0.136. The van der Waals surface area contributed by atoms with E-state index in [9.17, 15) is 4.79 Å². The van der Waals surface area contributed by atoms with Gasteiger partial charge in [0.15, 0.2) is 0 Å². The topological polar surface area (TPSA) is 112 Å². The van der Waals surface area contributed by atoms with Gasteiger partial charge in [-0.15, -0.1) is 0 Å². The van der Waals surface area contributed by atoms with E-state index in [-0.39, 0.29) is 13.0 Å². The van der Waals surface area contributed by atoms with Crippen molar-refractivity contribution in [2.24, 2.45) is 5.11 Å². The molecule has 0 atom stereocenters. The first-order valence-electron chi connectivity index (χ1n) is 3.89. The second-order valence-corrected chi connectivity index (χ2v) is 2.57. The van der Waals surface area contributed by atoms with E-state index in [4.69, 9.17) is 15.2 Å². The number of rotatable bonds is 5. The average molecular weight is 196 g/mol. The Hall–Kier alpha value is -2.01. The molecule has 0 fully saturated rings. The maximum Gasteiger partial charge on any atom is 0.303 e. The number of aromatic nitrogens is 1. The number of carboxylic acids is 1. The number of azide groups is 1. The number of aryl methyl sites for hydroxylation is 1. The Morgan fingerprint density at radius 2 is 2.57 bits per heavy atom. The van der Waals surface area contributed by atoms with Crippen LogP contribution in [-0.2, 0) is 17.8 Å². The molecule has 0 aromatic carbocycles. The van der Waals surface area contributed by atoms with E-state index in [1.54, 1.807) is 6.07 Å². The molecule has 0 saturated heterocycles. The lowest BCUT2D eigenvalue weighted by atomic mass is 10.2. The van der Waals surface area contributed by atoms with Gasteiger partial charge in [0, 0.05) is 17.4 Å². The smallest absolute Gasteiger partial charge is 0.303 e. The molecule has 1 rings (SSSR count). The number of carboxylic acid groups (broad SMARTS) is 1. The third kappa shape index (κ3) is 3.16. The zero-order chi connectivity index (χ0) is 10.4. The van der Waals surface area contributed by atoms with Crippen LogP contribution in [0.5, 0.6) is 0 Å². The second-order valence-electron chi connectivity index (χ2n) is 2.57. The molecule has 0 unspecified atom stereocenters. The summed E-state index contributed by atoms with van der Waals surface area (Å²) in [6, 6.07) is 1.58. The molecule has 0 aliphatic heterocycles. The van der Waals surface area contributed by atoms with Gasteiger partial charge in [0.1, 0.15) is 5.76 Å². The lowest BCUT2D eigenvalue weighted by Crippen LogP contribution is -1.97. The van der Waals surface area contributed by atoms with Gasteiger partial charge in [0.25, 0.3) is 0 Å². The molecule has 1 N–H and O–H groups in total.